The van der Waals surface area contributed by atoms with Crippen molar-refractivity contribution in [3.05, 3.63) is 162 Å². The molecule has 2 aliphatic rings. The predicted octanol–water partition coefficient (Wildman–Crippen LogP) is 8.91. The number of phenols is 2. The van der Waals surface area contributed by atoms with Crippen LogP contribution in [0.25, 0.3) is 5.70 Å². The highest BCUT2D eigenvalue weighted by Gasteiger charge is 2.30. The second-order valence-electron chi connectivity index (χ2n) is 13.8. The Morgan fingerprint density at radius 2 is 1.73 bits per heavy atom. The van der Waals surface area contributed by atoms with E-state index in [4.69, 9.17) is 4.74 Å². The lowest BCUT2D eigenvalue weighted by Gasteiger charge is -2.35. The summed E-state index contributed by atoms with van der Waals surface area (Å²) in [5.74, 6) is -0.0447. The summed E-state index contributed by atoms with van der Waals surface area (Å²) in [4.78, 5) is 17.3. The van der Waals surface area contributed by atoms with Crippen molar-refractivity contribution in [3.8, 4) is 11.5 Å². The van der Waals surface area contributed by atoms with Crippen LogP contribution in [0.1, 0.15) is 66.6 Å². The number of carbonyl (C=O) groups excluding carboxylic acids is 1. The van der Waals surface area contributed by atoms with Gasteiger partial charge in [0.25, 0.3) is 5.91 Å². The standard InChI is InChI=1S/C45H53N3O4/c1-6-36(18-19-39-24-27-52-31-39)23-25-47(34(4)16-17-38-20-21-43(49)44(50)29-38)30-32(2)42(28-37-12-8-7-9-13-37)46-33(3)22-26-48-35(5)40-14-10-11-15-41(40)45(48)51/h6-15,18-21,29,31-32,42,46,49-50H,3-5,16-17,22-28,30H2,1-2H3/b19-18-,36-6+/t32?,42-/m0/s1. The maximum Gasteiger partial charge on any atom is 0.258 e. The van der Waals surface area contributed by atoms with Crippen LogP contribution in [0.4, 0.5) is 0 Å². The van der Waals surface area contributed by atoms with Gasteiger partial charge in [-0.2, -0.15) is 0 Å². The summed E-state index contributed by atoms with van der Waals surface area (Å²) in [7, 11) is 0. The monoisotopic (exact) mass is 699 g/mol. The molecule has 1 amide bonds. The number of carbonyl (C=O) groups is 1. The van der Waals surface area contributed by atoms with Gasteiger partial charge in [-0.25, -0.2) is 0 Å². The van der Waals surface area contributed by atoms with E-state index in [-0.39, 0.29) is 29.4 Å². The van der Waals surface area contributed by atoms with Crippen molar-refractivity contribution in [1.82, 2.24) is 15.1 Å². The number of allylic oxidation sites excluding steroid dienone is 4. The van der Waals surface area contributed by atoms with E-state index in [0.717, 1.165) is 67.2 Å². The Labute approximate surface area is 309 Å². The number of aryl methyl sites for hydroxylation is 1. The molecule has 1 unspecified atom stereocenters. The van der Waals surface area contributed by atoms with Crippen LogP contribution >= 0.6 is 0 Å². The zero-order valence-corrected chi connectivity index (χ0v) is 30.7. The largest absolute Gasteiger partial charge is 0.504 e. The van der Waals surface area contributed by atoms with Crippen molar-refractivity contribution in [1.29, 1.82) is 0 Å². The average Bonchev–Trinajstić information content (AvgIpc) is 3.76. The minimum Gasteiger partial charge on any atom is -0.504 e. The fourth-order valence-corrected chi connectivity index (χ4v) is 6.77. The molecule has 272 valence electrons. The van der Waals surface area contributed by atoms with Crippen LogP contribution in [-0.4, -0.2) is 58.2 Å². The lowest BCUT2D eigenvalue weighted by Crippen LogP contribution is -2.42. The molecule has 7 heteroatoms. The molecule has 0 saturated heterocycles. The number of hydrogen-bond donors (Lipinski definition) is 3. The molecule has 0 spiro atoms. The smallest absolute Gasteiger partial charge is 0.258 e. The summed E-state index contributed by atoms with van der Waals surface area (Å²) >= 11 is 0. The number of fused-ring (bicyclic) bond motifs is 1. The molecule has 7 nitrogen and oxygen atoms in total. The fraction of sp³-hybridized carbons (Fsp3) is 0.311. The Morgan fingerprint density at radius 3 is 2.42 bits per heavy atom. The molecule has 2 atom stereocenters. The minimum absolute atomic E-state index is 0.0112. The van der Waals surface area contributed by atoms with Gasteiger partial charge in [0.1, 0.15) is 0 Å². The van der Waals surface area contributed by atoms with E-state index in [0.29, 0.717) is 31.4 Å². The van der Waals surface area contributed by atoms with Gasteiger partial charge in [0.2, 0.25) is 0 Å². The maximum atomic E-state index is 13.2. The van der Waals surface area contributed by atoms with Crippen LogP contribution in [0, 0.1) is 5.92 Å². The molecule has 0 saturated carbocycles. The number of nitrogens with zero attached hydrogens (tertiary/aromatic N) is 2. The summed E-state index contributed by atoms with van der Waals surface area (Å²) in [5.41, 5.74) is 8.86. The van der Waals surface area contributed by atoms with Crippen LogP contribution in [0.5, 0.6) is 11.5 Å². The van der Waals surface area contributed by atoms with E-state index in [1.165, 1.54) is 22.8 Å². The first-order valence-corrected chi connectivity index (χ1v) is 18.3. The average molecular weight is 700 g/mol. The van der Waals surface area contributed by atoms with Gasteiger partial charge in [-0.1, -0.05) is 105 Å². The van der Waals surface area contributed by atoms with Crippen molar-refractivity contribution in [2.45, 2.75) is 58.4 Å². The number of rotatable bonds is 19. The molecule has 0 aliphatic carbocycles. The molecule has 0 radical (unpaired) electrons. The molecule has 3 aromatic carbocycles. The highest BCUT2D eigenvalue weighted by molar-refractivity contribution is 6.08. The van der Waals surface area contributed by atoms with Crippen LogP contribution < -0.4 is 5.32 Å². The number of aromatic hydroxyl groups is 2. The molecule has 0 bridgehead atoms. The zero-order valence-electron chi connectivity index (χ0n) is 30.7. The summed E-state index contributed by atoms with van der Waals surface area (Å²) in [6.07, 6.45) is 12.9. The molecular formula is C45H53N3O4. The molecule has 3 aromatic rings. The van der Waals surface area contributed by atoms with Crippen molar-refractivity contribution in [2.24, 2.45) is 5.92 Å². The van der Waals surface area contributed by atoms with Crippen LogP contribution in [0.2, 0.25) is 0 Å². The maximum absolute atomic E-state index is 13.2. The molecular weight excluding hydrogens is 647 g/mol. The molecule has 3 N–H and O–H groups in total. The normalized spacial score (nSPS) is 15.3. The lowest BCUT2D eigenvalue weighted by molar-refractivity contribution is 0.0851. The summed E-state index contributed by atoms with van der Waals surface area (Å²) in [6, 6.07) is 23.2. The van der Waals surface area contributed by atoms with Gasteiger partial charge in [0.05, 0.1) is 12.9 Å². The third-order valence-corrected chi connectivity index (χ3v) is 10.0. The number of phenolic OH excluding ortho intramolecular Hbond substituents is 2. The van der Waals surface area contributed by atoms with Crippen molar-refractivity contribution in [2.75, 3.05) is 26.2 Å². The van der Waals surface area contributed by atoms with Crippen molar-refractivity contribution in [3.63, 3.8) is 0 Å². The van der Waals surface area contributed by atoms with Gasteiger partial charge in [-0.05, 0) is 73.4 Å². The van der Waals surface area contributed by atoms with E-state index < -0.39 is 0 Å². The van der Waals surface area contributed by atoms with Gasteiger partial charge in [-0.15, -0.1) is 0 Å². The van der Waals surface area contributed by atoms with Gasteiger partial charge < -0.3 is 30.1 Å². The summed E-state index contributed by atoms with van der Waals surface area (Å²) in [5, 5.41) is 23.6. The second-order valence-corrected chi connectivity index (χ2v) is 13.8. The Bertz CT molecular complexity index is 1800. The summed E-state index contributed by atoms with van der Waals surface area (Å²) < 4.78 is 5.41. The second kappa shape index (κ2) is 18.2. The van der Waals surface area contributed by atoms with E-state index >= 15 is 0 Å². The third kappa shape index (κ3) is 10.1. The van der Waals surface area contributed by atoms with Crippen LogP contribution in [0.15, 0.2) is 140 Å². The first-order valence-electron chi connectivity index (χ1n) is 18.3. The highest BCUT2D eigenvalue weighted by atomic mass is 16.5. The Balaban J connectivity index is 1.28. The first kappa shape index (κ1) is 37.8. The molecule has 2 aliphatic heterocycles. The van der Waals surface area contributed by atoms with Gasteiger partial charge >= 0.3 is 0 Å². The highest BCUT2D eigenvalue weighted by Crippen LogP contribution is 2.32. The fourth-order valence-electron chi connectivity index (χ4n) is 6.77. The van der Waals surface area contributed by atoms with Crippen molar-refractivity contribution >= 4 is 11.6 Å². The number of ether oxygens (including phenoxy) is 1. The third-order valence-electron chi connectivity index (χ3n) is 10.0. The van der Waals surface area contributed by atoms with Gasteiger partial charge in [0.15, 0.2) is 11.5 Å². The molecule has 0 aromatic heterocycles. The Hall–Kier alpha value is -5.43. The van der Waals surface area contributed by atoms with E-state index in [1.807, 2.05) is 42.7 Å². The number of nitrogens with one attached hydrogen (secondary N) is 1. The Kier molecular flexibility index (Phi) is 13.2. The molecule has 5 rings (SSSR count). The Morgan fingerprint density at radius 1 is 0.981 bits per heavy atom. The minimum atomic E-state index is -0.120. The lowest BCUT2D eigenvalue weighted by atomic mass is 9.93. The van der Waals surface area contributed by atoms with E-state index in [2.05, 4.69) is 86.3 Å². The topological polar surface area (TPSA) is 85.3 Å². The molecule has 52 heavy (non-hydrogen) atoms. The number of amides is 1. The van der Waals surface area contributed by atoms with Crippen molar-refractivity contribution < 1.29 is 19.7 Å². The van der Waals surface area contributed by atoms with Gasteiger partial charge in [0, 0.05) is 66.7 Å². The SMILES string of the molecule is C=C(CCN1C(=C)c2ccccc2C1=O)N[C@@H](Cc1ccccc1)C(C)CN(CCC(/C=C\C1=COCC1)=C/C)C(=C)CCc1ccc(O)c(O)c1. The summed E-state index contributed by atoms with van der Waals surface area (Å²) in [6.45, 7) is 20.3. The number of benzene rings is 3. The van der Waals surface area contributed by atoms with E-state index in [9.17, 15) is 15.0 Å². The zero-order chi connectivity index (χ0) is 37.0. The van der Waals surface area contributed by atoms with Crippen LogP contribution in [-0.2, 0) is 17.6 Å². The quantitative estimate of drug-likeness (QED) is 0.0856. The van der Waals surface area contributed by atoms with Gasteiger partial charge in [-0.3, -0.25) is 4.79 Å². The number of hydrogen-bond acceptors (Lipinski definition) is 6. The molecule has 0 fully saturated rings. The van der Waals surface area contributed by atoms with E-state index in [1.54, 1.807) is 11.0 Å². The predicted molar refractivity (Wildman–Crippen MR) is 211 cm³/mol. The van der Waals surface area contributed by atoms with Crippen LogP contribution in [0.3, 0.4) is 0 Å². The molecule has 2 heterocycles. The first-order chi connectivity index (χ1) is 25.1.